The molecule has 3 rings (SSSR count). The zero-order valence-corrected chi connectivity index (χ0v) is 12.7. The van der Waals surface area contributed by atoms with E-state index in [1.807, 2.05) is 26.0 Å². The number of carbonyl (C=O) groups excluding carboxylic acids is 1. The molecule has 2 N–H and O–H groups in total. The van der Waals surface area contributed by atoms with Crippen molar-refractivity contribution in [3.8, 4) is 0 Å². The van der Waals surface area contributed by atoms with E-state index < -0.39 is 17.2 Å². The zero-order chi connectivity index (χ0) is 16.6. The summed E-state index contributed by atoms with van der Waals surface area (Å²) in [5, 5.41) is 2.87. The van der Waals surface area contributed by atoms with Crippen LogP contribution in [0.15, 0.2) is 47.4 Å². The van der Waals surface area contributed by atoms with Crippen molar-refractivity contribution in [3.05, 3.63) is 75.3 Å². The number of aryl methyl sites for hydroxylation is 2. The lowest BCUT2D eigenvalue weighted by atomic mass is 10.1. The topological polar surface area (TPSA) is 62.0 Å². The second-order valence-electron chi connectivity index (χ2n) is 5.49. The minimum absolute atomic E-state index is 0.0527. The molecule has 0 fully saturated rings. The number of aromatic nitrogens is 1. The molecule has 23 heavy (non-hydrogen) atoms. The Bertz CT molecular complexity index is 976. The maximum Gasteiger partial charge on any atom is 0.261 e. The van der Waals surface area contributed by atoms with E-state index in [9.17, 15) is 14.0 Å². The van der Waals surface area contributed by atoms with Crippen LogP contribution in [0.4, 0.5) is 10.1 Å². The van der Waals surface area contributed by atoms with Crippen LogP contribution >= 0.6 is 0 Å². The van der Waals surface area contributed by atoms with Crippen LogP contribution in [-0.2, 0) is 0 Å². The molecule has 0 saturated heterocycles. The van der Waals surface area contributed by atoms with Gasteiger partial charge in [0.1, 0.15) is 11.4 Å². The SMILES string of the molecule is Cc1ccc(NC(=O)c2c[nH]c3ccc(F)cc3c2=O)c(C)c1. The third-order valence-electron chi connectivity index (χ3n) is 3.72. The van der Waals surface area contributed by atoms with Gasteiger partial charge in [0, 0.05) is 22.8 Å². The van der Waals surface area contributed by atoms with Gasteiger partial charge in [0.25, 0.3) is 5.91 Å². The smallest absolute Gasteiger partial charge is 0.261 e. The van der Waals surface area contributed by atoms with Gasteiger partial charge in [-0.3, -0.25) is 9.59 Å². The maximum absolute atomic E-state index is 13.3. The molecule has 0 atom stereocenters. The maximum atomic E-state index is 13.3. The third-order valence-corrected chi connectivity index (χ3v) is 3.72. The van der Waals surface area contributed by atoms with E-state index in [0.29, 0.717) is 11.2 Å². The molecule has 0 spiro atoms. The Labute approximate surface area is 132 Å². The van der Waals surface area contributed by atoms with Gasteiger partial charge in [0.2, 0.25) is 5.43 Å². The second-order valence-corrected chi connectivity index (χ2v) is 5.49. The van der Waals surface area contributed by atoms with Crippen molar-refractivity contribution in [2.24, 2.45) is 0 Å². The van der Waals surface area contributed by atoms with Crippen molar-refractivity contribution < 1.29 is 9.18 Å². The Balaban J connectivity index is 2.01. The Hall–Kier alpha value is -2.95. The Morgan fingerprint density at radius 3 is 2.65 bits per heavy atom. The van der Waals surface area contributed by atoms with E-state index in [-0.39, 0.29) is 10.9 Å². The predicted molar refractivity (Wildman–Crippen MR) is 88.4 cm³/mol. The molecule has 0 unspecified atom stereocenters. The molecule has 5 heteroatoms. The zero-order valence-electron chi connectivity index (χ0n) is 12.7. The molecule has 0 saturated carbocycles. The van der Waals surface area contributed by atoms with Crippen LogP contribution < -0.4 is 10.7 Å². The van der Waals surface area contributed by atoms with E-state index in [2.05, 4.69) is 10.3 Å². The lowest BCUT2D eigenvalue weighted by Crippen LogP contribution is -2.22. The average Bonchev–Trinajstić information content (AvgIpc) is 2.51. The number of carbonyl (C=O) groups is 1. The number of nitrogens with one attached hydrogen (secondary N) is 2. The molecule has 0 aliphatic heterocycles. The fourth-order valence-electron chi connectivity index (χ4n) is 2.50. The number of hydrogen-bond acceptors (Lipinski definition) is 2. The first-order chi connectivity index (χ1) is 11.0. The minimum Gasteiger partial charge on any atom is -0.360 e. The summed E-state index contributed by atoms with van der Waals surface area (Å²) in [7, 11) is 0. The predicted octanol–water partition coefficient (Wildman–Crippen LogP) is 3.54. The second kappa shape index (κ2) is 5.68. The van der Waals surface area contributed by atoms with E-state index >= 15 is 0 Å². The highest BCUT2D eigenvalue weighted by Gasteiger charge is 2.14. The number of fused-ring (bicyclic) bond motifs is 1. The molecule has 0 bridgehead atoms. The van der Waals surface area contributed by atoms with Crippen molar-refractivity contribution in [1.82, 2.24) is 4.98 Å². The molecule has 116 valence electrons. The van der Waals surface area contributed by atoms with Crippen LogP contribution in [-0.4, -0.2) is 10.9 Å². The van der Waals surface area contributed by atoms with Gasteiger partial charge in [-0.05, 0) is 43.7 Å². The summed E-state index contributed by atoms with van der Waals surface area (Å²) in [6.45, 7) is 3.84. The number of hydrogen-bond donors (Lipinski definition) is 2. The van der Waals surface area contributed by atoms with Crippen molar-refractivity contribution in [2.75, 3.05) is 5.32 Å². The van der Waals surface area contributed by atoms with Gasteiger partial charge in [-0.25, -0.2) is 4.39 Å². The Morgan fingerprint density at radius 2 is 1.91 bits per heavy atom. The van der Waals surface area contributed by atoms with Crippen LogP contribution in [0, 0.1) is 19.7 Å². The lowest BCUT2D eigenvalue weighted by Gasteiger charge is -2.09. The fraction of sp³-hybridized carbons (Fsp3) is 0.111. The van der Waals surface area contributed by atoms with Gasteiger partial charge in [-0.15, -0.1) is 0 Å². The van der Waals surface area contributed by atoms with Crippen molar-refractivity contribution in [1.29, 1.82) is 0 Å². The lowest BCUT2D eigenvalue weighted by molar-refractivity contribution is 0.102. The normalized spacial score (nSPS) is 10.7. The highest BCUT2D eigenvalue weighted by Crippen LogP contribution is 2.17. The molecule has 4 nitrogen and oxygen atoms in total. The number of benzene rings is 2. The quantitative estimate of drug-likeness (QED) is 0.760. The standard InChI is InChI=1S/C18H15FN2O2/c1-10-3-5-15(11(2)7-10)21-18(23)14-9-20-16-6-4-12(19)8-13(16)17(14)22/h3-9H,1-2H3,(H,20,22)(H,21,23). The van der Waals surface area contributed by atoms with Crippen molar-refractivity contribution in [3.63, 3.8) is 0 Å². The van der Waals surface area contributed by atoms with E-state index in [4.69, 9.17) is 0 Å². The highest BCUT2D eigenvalue weighted by atomic mass is 19.1. The Kier molecular flexibility index (Phi) is 3.70. The first-order valence-corrected chi connectivity index (χ1v) is 7.15. The summed E-state index contributed by atoms with van der Waals surface area (Å²) in [4.78, 5) is 27.6. The summed E-state index contributed by atoms with van der Waals surface area (Å²) in [5.74, 6) is -1.04. The van der Waals surface area contributed by atoms with Gasteiger partial charge in [0.15, 0.2) is 0 Å². The number of halogens is 1. The van der Waals surface area contributed by atoms with Crippen molar-refractivity contribution >= 4 is 22.5 Å². The molecular weight excluding hydrogens is 295 g/mol. The van der Waals surface area contributed by atoms with Crippen LogP contribution in [0.25, 0.3) is 10.9 Å². The number of pyridine rings is 1. The first kappa shape index (κ1) is 15.0. The molecule has 1 heterocycles. The molecule has 0 aliphatic rings. The largest absolute Gasteiger partial charge is 0.360 e. The van der Waals surface area contributed by atoms with Crippen LogP contribution in [0.3, 0.4) is 0 Å². The molecular formula is C18H15FN2O2. The number of rotatable bonds is 2. The van der Waals surface area contributed by atoms with Crippen LogP contribution in [0.5, 0.6) is 0 Å². The van der Waals surface area contributed by atoms with E-state index in [1.165, 1.54) is 18.3 Å². The van der Waals surface area contributed by atoms with Gasteiger partial charge in [0.05, 0.1) is 0 Å². The highest BCUT2D eigenvalue weighted by molar-refractivity contribution is 6.06. The summed E-state index contributed by atoms with van der Waals surface area (Å²) in [6, 6.07) is 9.46. The molecule has 1 aromatic heterocycles. The van der Waals surface area contributed by atoms with E-state index in [0.717, 1.165) is 17.2 Å². The van der Waals surface area contributed by atoms with Crippen LogP contribution in [0.1, 0.15) is 21.5 Å². The molecule has 0 aliphatic carbocycles. The van der Waals surface area contributed by atoms with Gasteiger partial charge in [-0.1, -0.05) is 17.7 Å². The van der Waals surface area contributed by atoms with Crippen molar-refractivity contribution in [2.45, 2.75) is 13.8 Å². The molecule has 0 radical (unpaired) electrons. The molecule has 3 aromatic rings. The monoisotopic (exact) mass is 310 g/mol. The number of anilines is 1. The van der Waals surface area contributed by atoms with E-state index in [1.54, 1.807) is 6.07 Å². The summed E-state index contributed by atoms with van der Waals surface area (Å²) < 4.78 is 13.3. The minimum atomic E-state index is -0.524. The number of H-pyrrole nitrogens is 1. The average molecular weight is 310 g/mol. The van der Waals surface area contributed by atoms with Gasteiger partial charge < -0.3 is 10.3 Å². The Morgan fingerprint density at radius 1 is 1.13 bits per heavy atom. The van der Waals surface area contributed by atoms with Gasteiger partial charge in [-0.2, -0.15) is 0 Å². The van der Waals surface area contributed by atoms with Crippen LogP contribution in [0.2, 0.25) is 0 Å². The number of aromatic amines is 1. The first-order valence-electron chi connectivity index (χ1n) is 7.15. The van der Waals surface area contributed by atoms with Gasteiger partial charge >= 0.3 is 0 Å². The molecule has 1 amide bonds. The number of amides is 1. The fourth-order valence-corrected chi connectivity index (χ4v) is 2.50. The summed E-state index contributed by atoms with van der Waals surface area (Å²) >= 11 is 0. The summed E-state index contributed by atoms with van der Waals surface area (Å²) in [5.41, 5.74) is 2.56. The third kappa shape index (κ3) is 2.85. The summed E-state index contributed by atoms with van der Waals surface area (Å²) in [6.07, 6.45) is 1.35. The molecule has 2 aromatic carbocycles.